The number of nitrogens with one attached hydrogen (secondary N) is 2. The lowest BCUT2D eigenvalue weighted by Gasteiger charge is -2.35. The summed E-state index contributed by atoms with van der Waals surface area (Å²) < 4.78 is 27.7. The zero-order chi connectivity index (χ0) is 23.7. The lowest BCUT2D eigenvalue weighted by atomic mass is 9.85. The van der Waals surface area contributed by atoms with E-state index in [1.807, 2.05) is 6.92 Å². The van der Waals surface area contributed by atoms with Gasteiger partial charge in [-0.15, -0.1) is 0 Å². The van der Waals surface area contributed by atoms with Gasteiger partial charge in [-0.25, -0.2) is 8.78 Å². The SMILES string of the molecule is CCc1cc(F)ccc1CNC(=O)C1CCCN1C(=O)C(NC(=O)C1(F)CC1)C(C)(C)C. The Bertz CT molecular complexity index is 893. The number of benzene rings is 1. The summed E-state index contributed by atoms with van der Waals surface area (Å²) in [7, 11) is 0. The van der Waals surface area contributed by atoms with E-state index in [-0.39, 0.29) is 37.0 Å². The molecule has 2 aliphatic rings. The molecule has 2 fully saturated rings. The first-order valence-electron chi connectivity index (χ1n) is 11.3. The molecule has 176 valence electrons. The summed E-state index contributed by atoms with van der Waals surface area (Å²) in [4.78, 5) is 40.1. The standard InChI is InChI=1S/C24H33F2N3O3/c1-5-15-13-17(25)9-8-16(15)14-27-20(30)18-7-6-12-29(18)21(31)19(23(2,3)4)28-22(32)24(26)10-11-24/h8-9,13,18-19H,5-7,10-12,14H2,1-4H3,(H,27,30)(H,28,32). The van der Waals surface area contributed by atoms with Crippen molar-refractivity contribution in [3.05, 3.63) is 35.1 Å². The predicted octanol–water partition coefficient (Wildman–Crippen LogP) is 3.03. The molecule has 8 heteroatoms. The van der Waals surface area contributed by atoms with Crippen molar-refractivity contribution in [3.63, 3.8) is 0 Å². The summed E-state index contributed by atoms with van der Waals surface area (Å²) >= 11 is 0. The van der Waals surface area contributed by atoms with Crippen LogP contribution in [0.15, 0.2) is 18.2 Å². The smallest absolute Gasteiger partial charge is 0.258 e. The van der Waals surface area contributed by atoms with Crippen LogP contribution < -0.4 is 10.6 Å². The van der Waals surface area contributed by atoms with E-state index in [9.17, 15) is 23.2 Å². The quantitative estimate of drug-likeness (QED) is 0.672. The van der Waals surface area contributed by atoms with Crippen LogP contribution in [0.2, 0.25) is 0 Å². The molecule has 0 spiro atoms. The first-order chi connectivity index (χ1) is 15.0. The first-order valence-corrected chi connectivity index (χ1v) is 11.3. The molecule has 1 aromatic carbocycles. The summed E-state index contributed by atoms with van der Waals surface area (Å²) in [6, 6.07) is 2.89. The molecule has 0 aromatic heterocycles. The highest BCUT2D eigenvalue weighted by Crippen LogP contribution is 2.40. The molecule has 2 atom stereocenters. The number of likely N-dealkylation sites (tertiary alicyclic amines) is 1. The lowest BCUT2D eigenvalue weighted by molar-refractivity contribution is -0.144. The normalized spacial score (nSPS) is 20.6. The van der Waals surface area contributed by atoms with Crippen molar-refractivity contribution in [2.24, 2.45) is 5.41 Å². The molecule has 2 N–H and O–H groups in total. The number of alkyl halides is 1. The van der Waals surface area contributed by atoms with Crippen molar-refractivity contribution in [1.82, 2.24) is 15.5 Å². The maximum absolute atomic E-state index is 14.2. The third kappa shape index (κ3) is 5.27. The minimum absolute atomic E-state index is 0.168. The Hall–Kier alpha value is -2.51. The van der Waals surface area contributed by atoms with Gasteiger partial charge in [0, 0.05) is 13.1 Å². The Morgan fingerprint density at radius 3 is 2.50 bits per heavy atom. The van der Waals surface area contributed by atoms with Crippen LogP contribution in [-0.2, 0) is 27.3 Å². The number of amides is 3. The lowest BCUT2D eigenvalue weighted by Crippen LogP contribution is -2.58. The molecule has 1 heterocycles. The van der Waals surface area contributed by atoms with Crippen molar-refractivity contribution in [2.75, 3.05) is 6.54 Å². The average molecular weight is 450 g/mol. The van der Waals surface area contributed by atoms with E-state index in [1.54, 1.807) is 26.8 Å². The average Bonchev–Trinajstić information content (AvgIpc) is 3.29. The molecule has 6 nitrogen and oxygen atoms in total. The van der Waals surface area contributed by atoms with Crippen LogP contribution in [0.3, 0.4) is 0 Å². The fourth-order valence-corrected chi connectivity index (χ4v) is 4.11. The van der Waals surface area contributed by atoms with Crippen molar-refractivity contribution >= 4 is 17.7 Å². The zero-order valence-corrected chi connectivity index (χ0v) is 19.3. The Kier molecular flexibility index (Phi) is 6.91. The number of carbonyl (C=O) groups excluding carboxylic acids is 3. The van der Waals surface area contributed by atoms with Gasteiger partial charge in [-0.3, -0.25) is 14.4 Å². The summed E-state index contributed by atoms with van der Waals surface area (Å²) in [5.74, 6) is -1.73. The largest absolute Gasteiger partial charge is 0.350 e. The van der Waals surface area contributed by atoms with Crippen LogP contribution in [0.25, 0.3) is 0 Å². The number of carbonyl (C=O) groups is 3. The van der Waals surface area contributed by atoms with Crippen LogP contribution in [-0.4, -0.2) is 46.9 Å². The van der Waals surface area contributed by atoms with Gasteiger partial charge in [0.1, 0.15) is 17.9 Å². The fraction of sp³-hybridized carbons (Fsp3) is 0.625. The van der Waals surface area contributed by atoms with E-state index in [1.165, 1.54) is 17.0 Å². The highest BCUT2D eigenvalue weighted by molar-refractivity contribution is 5.95. The van der Waals surface area contributed by atoms with Crippen molar-refractivity contribution < 1.29 is 23.2 Å². The Morgan fingerprint density at radius 2 is 1.91 bits per heavy atom. The molecule has 0 radical (unpaired) electrons. The minimum Gasteiger partial charge on any atom is -0.350 e. The number of hydrogen-bond donors (Lipinski definition) is 2. The van der Waals surface area contributed by atoms with Crippen molar-refractivity contribution in [3.8, 4) is 0 Å². The Morgan fingerprint density at radius 1 is 1.22 bits per heavy atom. The van der Waals surface area contributed by atoms with Crippen molar-refractivity contribution in [1.29, 1.82) is 0 Å². The maximum Gasteiger partial charge on any atom is 0.258 e. The van der Waals surface area contributed by atoms with E-state index in [2.05, 4.69) is 10.6 Å². The van der Waals surface area contributed by atoms with Gasteiger partial charge in [0.2, 0.25) is 11.8 Å². The molecule has 1 aromatic rings. The van der Waals surface area contributed by atoms with E-state index < -0.39 is 29.1 Å². The summed E-state index contributed by atoms with van der Waals surface area (Å²) in [5.41, 5.74) is -0.875. The van der Waals surface area contributed by atoms with Gasteiger partial charge in [0.15, 0.2) is 5.67 Å². The van der Waals surface area contributed by atoms with Gasteiger partial charge in [-0.05, 0) is 60.8 Å². The number of halogens is 2. The van der Waals surface area contributed by atoms with E-state index in [0.29, 0.717) is 25.8 Å². The zero-order valence-electron chi connectivity index (χ0n) is 19.3. The molecule has 1 saturated carbocycles. The van der Waals surface area contributed by atoms with E-state index in [4.69, 9.17) is 0 Å². The Balaban J connectivity index is 1.69. The molecule has 1 saturated heterocycles. The van der Waals surface area contributed by atoms with Crippen LogP contribution in [0.1, 0.15) is 64.5 Å². The number of nitrogens with zero attached hydrogens (tertiary/aromatic N) is 1. The van der Waals surface area contributed by atoms with Gasteiger partial charge in [-0.2, -0.15) is 0 Å². The molecule has 3 rings (SSSR count). The monoisotopic (exact) mass is 449 g/mol. The molecule has 0 bridgehead atoms. The number of aryl methyl sites for hydroxylation is 1. The second kappa shape index (κ2) is 9.16. The van der Waals surface area contributed by atoms with Crippen LogP contribution in [0.4, 0.5) is 8.78 Å². The number of rotatable bonds is 7. The first kappa shape index (κ1) is 24.1. The van der Waals surface area contributed by atoms with Crippen LogP contribution in [0.5, 0.6) is 0 Å². The van der Waals surface area contributed by atoms with Crippen LogP contribution >= 0.6 is 0 Å². The summed E-state index contributed by atoms with van der Waals surface area (Å²) in [6.07, 6.45) is 2.15. The van der Waals surface area contributed by atoms with Gasteiger partial charge >= 0.3 is 0 Å². The highest BCUT2D eigenvalue weighted by Gasteiger charge is 2.53. The van der Waals surface area contributed by atoms with Gasteiger partial charge in [-0.1, -0.05) is 33.8 Å². The maximum atomic E-state index is 14.2. The molecule has 1 aliphatic heterocycles. The van der Waals surface area contributed by atoms with Crippen molar-refractivity contribution in [2.45, 2.75) is 84.1 Å². The highest BCUT2D eigenvalue weighted by atomic mass is 19.1. The molecule has 2 unspecified atom stereocenters. The third-order valence-corrected chi connectivity index (χ3v) is 6.33. The second-order valence-corrected chi connectivity index (χ2v) is 9.91. The predicted molar refractivity (Wildman–Crippen MR) is 117 cm³/mol. The van der Waals surface area contributed by atoms with Gasteiger partial charge in [0.25, 0.3) is 5.91 Å². The molecular weight excluding hydrogens is 416 g/mol. The summed E-state index contributed by atoms with van der Waals surface area (Å²) in [5, 5.41) is 5.47. The molecule has 1 aliphatic carbocycles. The second-order valence-electron chi connectivity index (χ2n) is 9.91. The Labute approximate surface area is 188 Å². The van der Waals surface area contributed by atoms with E-state index >= 15 is 0 Å². The molecule has 32 heavy (non-hydrogen) atoms. The van der Waals surface area contributed by atoms with E-state index in [0.717, 1.165) is 11.1 Å². The summed E-state index contributed by atoms with van der Waals surface area (Å²) in [6.45, 7) is 7.97. The molecule has 3 amide bonds. The fourth-order valence-electron chi connectivity index (χ4n) is 4.11. The van der Waals surface area contributed by atoms with Crippen LogP contribution in [0, 0.1) is 11.2 Å². The van der Waals surface area contributed by atoms with Gasteiger partial charge in [0.05, 0.1) is 0 Å². The van der Waals surface area contributed by atoms with Gasteiger partial charge < -0.3 is 15.5 Å². The minimum atomic E-state index is -1.88. The number of hydrogen-bond acceptors (Lipinski definition) is 3. The topological polar surface area (TPSA) is 78.5 Å². The third-order valence-electron chi connectivity index (χ3n) is 6.33. The molecular formula is C24H33F2N3O3.